The Labute approximate surface area is 143 Å². The molecule has 0 aromatic heterocycles. The number of halogens is 1. The van der Waals surface area contributed by atoms with Crippen molar-refractivity contribution in [3.05, 3.63) is 27.8 Å². The lowest BCUT2D eigenvalue weighted by molar-refractivity contribution is -0.139. The van der Waals surface area contributed by atoms with E-state index < -0.39 is 6.04 Å². The molecule has 1 aliphatic rings. The predicted octanol–water partition coefficient (Wildman–Crippen LogP) is 1.03. The SMILES string of the molecule is CC(NC(=O)COc1ccc(I)cc1)C(=O)N1CCOCC1. The summed E-state index contributed by atoms with van der Waals surface area (Å²) in [5, 5.41) is 2.66. The fourth-order valence-corrected chi connectivity index (χ4v) is 2.44. The Morgan fingerprint density at radius 1 is 1.32 bits per heavy atom. The number of carbonyl (C=O) groups excluding carboxylic acids is 2. The molecule has 120 valence electrons. The molecule has 7 heteroatoms. The molecule has 1 aliphatic heterocycles. The summed E-state index contributed by atoms with van der Waals surface area (Å²) < 4.78 is 11.7. The van der Waals surface area contributed by atoms with Gasteiger partial charge in [0, 0.05) is 16.7 Å². The van der Waals surface area contributed by atoms with Crippen molar-refractivity contribution in [2.24, 2.45) is 0 Å². The summed E-state index contributed by atoms with van der Waals surface area (Å²) in [5.41, 5.74) is 0. The topological polar surface area (TPSA) is 67.9 Å². The van der Waals surface area contributed by atoms with Crippen molar-refractivity contribution >= 4 is 34.4 Å². The Kier molecular flexibility index (Phi) is 6.44. The first kappa shape index (κ1) is 17.0. The van der Waals surface area contributed by atoms with Crippen molar-refractivity contribution < 1.29 is 19.1 Å². The van der Waals surface area contributed by atoms with Gasteiger partial charge in [-0.1, -0.05) is 0 Å². The molecule has 1 heterocycles. The highest BCUT2D eigenvalue weighted by molar-refractivity contribution is 14.1. The van der Waals surface area contributed by atoms with Crippen LogP contribution >= 0.6 is 22.6 Å². The zero-order valence-corrected chi connectivity index (χ0v) is 14.5. The molecule has 6 nitrogen and oxygen atoms in total. The van der Waals surface area contributed by atoms with E-state index in [1.165, 1.54) is 0 Å². The molecule has 1 fully saturated rings. The van der Waals surface area contributed by atoms with Crippen LogP contribution in [0.4, 0.5) is 0 Å². The minimum atomic E-state index is -0.564. The van der Waals surface area contributed by atoms with Gasteiger partial charge >= 0.3 is 0 Å². The maximum atomic E-state index is 12.2. The van der Waals surface area contributed by atoms with Crippen molar-refractivity contribution in [2.45, 2.75) is 13.0 Å². The van der Waals surface area contributed by atoms with Crippen LogP contribution in [0.25, 0.3) is 0 Å². The minimum absolute atomic E-state index is 0.0917. The number of nitrogens with one attached hydrogen (secondary N) is 1. The smallest absolute Gasteiger partial charge is 0.258 e. The first-order chi connectivity index (χ1) is 10.6. The second-order valence-corrected chi connectivity index (χ2v) is 6.22. The summed E-state index contributed by atoms with van der Waals surface area (Å²) >= 11 is 2.20. The van der Waals surface area contributed by atoms with E-state index in [-0.39, 0.29) is 18.4 Å². The average molecular weight is 418 g/mol. The zero-order chi connectivity index (χ0) is 15.9. The van der Waals surface area contributed by atoms with E-state index in [4.69, 9.17) is 9.47 Å². The third-order valence-corrected chi connectivity index (χ3v) is 3.97. The van der Waals surface area contributed by atoms with Crippen LogP contribution in [0, 0.1) is 3.57 Å². The molecule has 1 atom stereocenters. The number of morpholine rings is 1. The molecule has 1 aromatic rings. The second-order valence-electron chi connectivity index (χ2n) is 4.97. The lowest BCUT2D eigenvalue weighted by Crippen LogP contribution is -2.51. The molecule has 22 heavy (non-hydrogen) atoms. The Balaban J connectivity index is 1.75. The molecule has 2 rings (SSSR count). The highest BCUT2D eigenvalue weighted by atomic mass is 127. The van der Waals surface area contributed by atoms with Crippen LogP contribution < -0.4 is 10.1 Å². The van der Waals surface area contributed by atoms with E-state index in [0.717, 1.165) is 3.57 Å². The number of carbonyl (C=O) groups is 2. The molecule has 2 amide bonds. The van der Waals surface area contributed by atoms with Crippen molar-refractivity contribution in [1.29, 1.82) is 0 Å². The maximum Gasteiger partial charge on any atom is 0.258 e. The normalized spacial score (nSPS) is 16.0. The lowest BCUT2D eigenvalue weighted by Gasteiger charge is -2.29. The van der Waals surface area contributed by atoms with E-state index in [9.17, 15) is 9.59 Å². The standard InChI is InChI=1S/C15H19IN2O4/c1-11(15(20)18-6-8-21-9-7-18)17-14(19)10-22-13-4-2-12(16)3-5-13/h2-5,11H,6-10H2,1H3,(H,17,19). The number of hydrogen-bond acceptors (Lipinski definition) is 4. The highest BCUT2D eigenvalue weighted by Gasteiger charge is 2.23. The fourth-order valence-electron chi connectivity index (χ4n) is 2.08. The minimum Gasteiger partial charge on any atom is -0.484 e. The number of benzene rings is 1. The van der Waals surface area contributed by atoms with Crippen LogP contribution in [0.3, 0.4) is 0 Å². The molecule has 0 bridgehead atoms. The summed E-state index contributed by atoms with van der Waals surface area (Å²) in [6.45, 7) is 3.79. The lowest BCUT2D eigenvalue weighted by atomic mass is 10.2. The van der Waals surface area contributed by atoms with Crippen LogP contribution in [-0.4, -0.2) is 55.7 Å². The molecule has 0 saturated carbocycles. The Morgan fingerprint density at radius 3 is 2.59 bits per heavy atom. The number of rotatable bonds is 5. The van der Waals surface area contributed by atoms with Crippen molar-refractivity contribution in [1.82, 2.24) is 10.2 Å². The van der Waals surface area contributed by atoms with Gasteiger partial charge in [0.05, 0.1) is 13.2 Å². The first-order valence-electron chi connectivity index (χ1n) is 7.10. The summed E-state index contributed by atoms with van der Waals surface area (Å²) in [4.78, 5) is 25.7. The molecular formula is C15H19IN2O4. The van der Waals surface area contributed by atoms with Crippen LogP contribution in [0.5, 0.6) is 5.75 Å². The maximum absolute atomic E-state index is 12.2. The van der Waals surface area contributed by atoms with Gasteiger partial charge in [0.15, 0.2) is 6.61 Å². The Hall–Kier alpha value is -1.35. The van der Waals surface area contributed by atoms with Crippen LogP contribution in [0.2, 0.25) is 0 Å². The van der Waals surface area contributed by atoms with Crippen LogP contribution in [0.1, 0.15) is 6.92 Å². The molecule has 1 N–H and O–H groups in total. The van der Waals surface area contributed by atoms with Gasteiger partial charge in [0.25, 0.3) is 5.91 Å². The summed E-state index contributed by atoms with van der Waals surface area (Å²) in [5.74, 6) is 0.223. The van der Waals surface area contributed by atoms with Crippen molar-refractivity contribution in [3.63, 3.8) is 0 Å². The van der Waals surface area contributed by atoms with Gasteiger partial charge in [0.1, 0.15) is 11.8 Å². The van der Waals surface area contributed by atoms with Gasteiger partial charge in [-0.2, -0.15) is 0 Å². The van der Waals surface area contributed by atoms with Gasteiger partial charge < -0.3 is 19.7 Å². The number of hydrogen-bond donors (Lipinski definition) is 1. The van der Waals surface area contributed by atoms with E-state index in [2.05, 4.69) is 27.9 Å². The molecule has 1 saturated heterocycles. The molecule has 1 aromatic carbocycles. The summed E-state index contributed by atoms with van der Waals surface area (Å²) in [7, 11) is 0. The van der Waals surface area contributed by atoms with Crippen molar-refractivity contribution in [2.75, 3.05) is 32.9 Å². The van der Waals surface area contributed by atoms with Crippen LogP contribution in [-0.2, 0) is 14.3 Å². The molecule has 0 radical (unpaired) electrons. The number of ether oxygens (including phenoxy) is 2. The third-order valence-electron chi connectivity index (χ3n) is 3.25. The summed E-state index contributed by atoms with van der Waals surface area (Å²) in [6.07, 6.45) is 0. The van der Waals surface area contributed by atoms with Crippen LogP contribution in [0.15, 0.2) is 24.3 Å². The van der Waals surface area contributed by atoms with Gasteiger partial charge in [-0.25, -0.2) is 0 Å². The van der Waals surface area contributed by atoms with Gasteiger partial charge in [-0.05, 0) is 53.8 Å². The molecule has 1 unspecified atom stereocenters. The van der Waals surface area contributed by atoms with Gasteiger partial charge in [-0.15, -0.1) is 0 Å². The Bertz CT molecular complexity index is 515. The highest BCUT2D eigenvalue weighted by Crippen LogP contribution is 2.13. The zero-order valence-electron chi connectivity index (χ0n) is 12.4. The van der Waals surface area contributed by atoms with E-state index in [1.54, 1.807) is 24.0 Å². The monoisotopic (exact) mass is 418 g/mol. The van der Waals surface area contributed by atoms with E-state index in [1.807, 2.05) is 12.1 Å². The van der Waals surface area contributed by atoms with Gasteiger partial charge in [0.2, 0.25) is 5.91 Å². The fraction of sp³-hybridized carbons (Fsp3) is 0.467. The molecular weight excluding hydrogens is 399 g/mol. The third kappa shape index (κ3) is 5.13. The van der Waals surface area contributed by atoms with E-state index >= 15 is 0 Å². The first-order valence-corrected chi connectivity index (χ1v) is 8.18. The molecule has 0 spiro atoms. The molecule has 0 aliphatic carbocycles. The predicted molar refractivity (Wildman–Crippen MR) is 89.7 cm³/mol. The average Bonchev–Trinajstić information content (AvgIpc) is 2.54. The largest absolute Gasteiger partial charge is 0.484 e. The van der Waals surface area contributed by atoms with Gasteiger partial charge in [-0.3, -0.25) is 9.59 Å². The second kappa shape index (κ2) is 8.33. The van der Waals surface area contributed by atoms with E-state index in [0.29, 0.717) is 32.1 Å². The summed E-state index contributed by atoms with van der Waals surface area (Å²) in [6, 6.07) is 6.84. The quantitative estimate of drug-likeness (QED) is 0.726. The Morgan fingerprint density at radius 2 is 1.95 bits per heavy atom. The number of nitrogens with zero attached hydrogens (tertiary/aromatic N) is 1. The number of amides is 2. The van der Waals surface area contributed by atoms with Crippen molar-refractivity contribution in [3.8, 4) is 5.75 Å².